The summed E-state index contributed by atoms with van der Waals surface area (Å²) < 4.78 is 4.92. The molecular weight excluding hydrogens is 242 g/mol. The first-order chi connectivity index (χ1) is 8.93. The van der Waals surface area contributed by atoms with Crippen molar-refractivity contribution in [2.24, 2.45) is 11.7 Å². The molecule has 1 aliphatic rings. The summed E-state index contributed by atoms with van der Waals surface area (Å²) in [4.78, 5) is 16.4. The molecular formula is C14H29N3O2. The van der Waals surface area contributed by atoms with Crippen molar-refractivity contribution in [1.29, 1.82) is 0 Å². The summed E-state index contributed by atoms with van der Waals surface area (Å²) >= 11 is 0. The van der Waals surface area contributed by atoms with Crippen LogP contribution in [0.5, 0.6) is 0 Å². The number of rotatable bonds is 9. The average Bonchev–Trinajstić information content (AvgIpc) is 3.19. The van der Waals surface area contributed by atoms with E-state index in [2.05, 4.69) is 30.8 Å². The highest BCUT2D eigenvalue weighted by atomic mass is 16.5. The standard InChI is InChI=1S/C14H29N3O2/c1-5-8-17(10-9-16(2)3)11-14(15,12-6-7-12)13(18)19-4/h12H,5-11,15H2,1-4H3. The fourth-order valence-corrected chi connectivity index (χ4v) is 2.45. The van der Waals surface area contributed by atoms with Gasteiger partial charge in [-0.25, -0.2) is 0 Å². The Morgan fingerprint density at radius 3 is 2.37 bits per heavy atom. The molecule has 1 aliphatic carbocycles. The van der Waals surface area contributed by atoms with Crippen LogP contribution in [0.3, 0.4) is 0 Å². The normalized spacial score (nSPS) is 18.7. The van der Waals surface area contributed by atoms with Gasteiger partial charge in [-0.15, -0.1) is 0 Å². The Balaban J connectivity index is 2.64. The van der Waals surface area contributed by atoms with E-state index >= 15 is 0 Å². The topological polar surface area (TPSA) is 58.8 Å². The van der Waals surface area contributed by atoms with Crippen molar-refractivity contribution in [2.45, 2.75) is 31.7 Å². The monoisotopic (exact) mass is 271 g/mol. The van der Waals surface area contributed by atoms with Crippen LogP contribution in [0.4, 0.5) is 0 Å². The van der Waals surface area contributed by atoms with E-state index in [0.717, 1.165) is 38.9 Å². The minimum atomic E-state index is -0.823. The molecule has 2 N–H and O–H groups in total. The summed E-state index contributed by atoms with van der Waals surface area (Å²) in [6, 6.07) is 0. The molecule has 1 rings (SSSR count). The predicted molar refractivity (Wildman–Crippen MR) is 76.9 cm³/mol. The quantitative estimate of drug-likeness (QED) is 0.620. The van der Waals surface area contributed by atoms with Gasteiger partial charge in [-0.05, 0) is 45.8 Å². The lowest BCUT2D eigenvalue weighted by atomic mass is 9.93. The highest BCUT2D eigenvalue weighted by Crippen LogP contribution is 2.39. The second kappa shape index (κ2) is 7.22. The van der Waals surface area contributed by atoms with Gasteiger partial charge in [0.15, 0.2) is 0 Å². The lowest BCUT2D eigenvalue weighted by molar-refractivity contribution is -0.148. The number of esters is 1. The van der Waals surface area contributed by atoms with Gasteiger partial charge in [0.25, 0.3) is 0 Å². The maximum atomic E-state index is 12.0. The van der Waals surface area contributed by atoms with Crippen LogP contribution in [-0.2, 0) is 9.53 Å². The number of hydrogen-bond acceptors (Lipinski definition) is 5. The highest BCUT2D eigenvalue weighted by molar-refractivity contribution is 5.81. The first-order valence-electron chi connectivity index (χ1n) is 7.18. The number of likely N-dealkylation sites (N-methyl/N-ethyl adjacent to an activating group) is 1. The molecule has 0 amide bonds. The summed E-state index contributed by atoms with van der Waals surface area (Å²) in [7, 11) is 5.54. The van der Waals surface area contributed by atoms with Crippen LogP contribution in [0, 0.1) is 5.92 Å². The van der Waals surface area contributed by atoms with E-state index in [1.54, 1.807) is 0 Å². The van der Waals surface area contributed by atoms with E-state index in [-0.39, 0.29) is 5.97 Å². The Kier molecular flexibility index (Phi) is 6.23. The molecule has 0 saturated heterocycles. The van der Waals surface area contributed by atoms with Crippen LogP contribution in [0.25, 0.3) is 0 Å². The predicted octanol–water partition coefficient (Wildman–Crippen LogP) is 0.541. The van der Waals surface area contributed by atoms with Gasteiger partial charge in [-0.2, -0.15) is 0 Å². The third-order valence-electron chi connectivity index (χ3n) is 3.76. The summed E-state index contributed by atoms with van der Waals surface area (Å²) in [5.41, 5.74) is 5.54. The molecule has 0 radical (unpaired) electrons. The third-order valence-corrected chi connectivity index (χ3v) is 3.76. The van der Waals surface area contributed by atoms with Crippen LogP contribution >= 0.6 is 0 Å². The molecule has 1 fully saturated rings. The van der Waals surface area contributed by atoms with Crippen molar-refractivity contribution in [1.82, 2.24) is 9.80 Å². The number of carbonyl (C=O) groups is 1. The Morgan fingerprint density at radius 1 is 1.32 bits per heavy atom. The fraction of sp³-hybridized carbons (Fsp3) is 0.929. The van der Waals surface area contributed by atoms with E-state index in [0.29, 0.717) is 12.5 Å². The van der Waals surface area contributed by atoms with Crippen LogP contribution in [0.2, 0.25) is 0 Å². The van der Waals surface area contributed by atoms with Gasteiger partial charge in [0.1, 0.15) is 5.54 Å². The average molecular weight is 271 g/mol. The molecule has 1 atom stereocenters. The zero-order valence-corrected chi connectivity index (χ0v) is 12.8. The maximum Gasteiger partial charge on any atom is 0.327 e. The van der Waals surface area contributed by atoms with Gasteiger partial charge in [0.2, 0.25) is 0 Å². The third kappa shape index (κ3) is 4.75. The molecule has 5 heteroatoms. The number of nitrogens with zero attached hydrogens (tertiary/aromatic N) is 2. The van der Waals surface area contributed by atoms with Crippen LogP contribution in [0.15, 0.2) is 0 Å². The molecule has 0 aliphatic heterocycles. The van der Waals surface area contributed by atoms with Crippen molar-refractivity contribution in [3.05, 3.63) is 0 Å². The summed E-state index contributed by atoms with van der Waals surface area (Å²) in [5.74, 6) is 0.0274. The molecule has 112 valence electrons. The Labute approximate surface area is 117 Å². The van der Waals surface area contributed by atoms with Gasteiger partial charge in [0, 0.05) is 19.6 Å². The highest BCUT2D eigenvalue weighted by Gasteiger charge is 2.49. The molecule has 0 heterocycles. The van der Waals surface area contributed by atoms with Gasteiger partial charge in [-0.1, -0.05) is 6.92 Å². The molecule has 0 aromatic rings. The first-order valence-corrected chi connectivity index (χ1v) is 7.18. The molecule has 0 spiro atoms. The number of ether oxygens (including phenoxy) is 1. The minimum absolute atomic E-state index is 0.263. The van der Waals surface area contributed by atoms with Crippen LogP contribution in [-0.4, -0.2) is 68.7 Å². The second-order valence-corrected chi connectivity index (χ2v) is 5.89. The van der Waals surface area contributed by atoms with Crippen molar-refractivity contribution in [3.8, 4) is 0 Å². The van der Waals surface area contributed by atoms with Gasteiger partial charge >= 0.3 is 5.97 Å². The number of methoxy groups -OCH3 is 1. The molecule has 5 nitrogen and oxygen atoms in total. The minimum Gasteiger partial charge on any atom is -0.468 e. The Morgan fingerprint density at radius 2 is 1.95 bits per heavy atom. The molecule has 19 heavy (non-hydrogen) atoms. The van der Waals surface area contributed by atoms with E-state index in [1.165, 1.54) is 7.11 Å². The van der Waals surface area contributed by atoms with E-state index in [1.807, 2.05) is 0 Å². The summed E-state index contributed by atoms with van der Waals surface area (Å²) in [5, 5.41) is 0. The SMILES string of the molecule is CCCN(CCN(C)C)CC(N)(C(=O)OC)C1CC1. The number of hydrogen-bond donors (Lipinski definition) is 1. The molecule has 1 unspecified atom stereocenters. The van der Waals surface area contributed by atoms with Gasteiger partial charge in [-0.3, -0.25) is 9.69 Å². The molecule has 1 saturated carbocycles. The number of nitrogens with two attached hydrogens (primary N) is 1. The van der Waals surface area contributed by atoms with Gasteiger partial charge < -0.3 is 15.4 Å². The zero-order chi connectivity index (χ0) is 14.5. The fourth-order valence-electron chi connectivity index (χ4n) is 2.45. The Bertz CT molecular complexity index is 292. The smallest absolute Gasteiger partial charge is 0.327 e. The van der Waals surface area contributed by atoms with Crippen molar-refractivity contribution in [2.75, 3.05) is 47.4 Å². The lowest BCUT2D eigenvalue weighted by Crippen LogP contribution is -2.59. The van der Waals surface area contributed by atoms with Crippen LogP contribution in [0.1, 0.15) is 26.2 Å². The first kappa shape index (κ1) is 16.4. The maximum absolute atomic E-state index is 12.0. The lowest BCUT2D eigenvalue weighted by Gasteiger charge is -2.33. The second-order valence-electron chi connectivity index (χ2n) is 5.89. The van der Waals surface area contributed by atoms with E-state index < -0.39 is 5.54 Å². The van der Waals surface area contributed by atoms with Crippen molar-refractivity contribution in [3.63, 3.8) is 0 Å². The molecule has 0 aromatic heterocycles. The van der Waals surface area contributed by atoms with Gasteiger partial charge in [0.05, 0.1) is 7.11 Å². The molecule has 0 bridgehead atoms. The number of carbonyl (C=O) groups excluding carboxylic acids is 1. The zero-order valence-electron chi connectivity index (χ0n) is 12.8. The largest absolute Gasteiger partial charge is 0.468 e. The van der Waals surface area contributed by atoms with E-state index in [9.17, 15) is 4.79 Å². The summed E-state index contributed by atoms with van der Waals surface area (Å²) in [6.07, 6.45) is 3.15. The Hall–Kier alpha value is -0.650. The van der Waals surface area contributed by atoms with Crippen LogP contribution < -0.4 is 5.73 Å². The van der Waals surface area contributed by atoms with E-state index in [4.69, 9.17) is 10.5 Å². The molecule has 0 aromatic carbocycles. The van der Waals surface area contributed by atoms with Crippen molar-refractivity contribution < 1.29 is 9.53 Å². The van der Waals surface area contributed by atoms with Crippen molar-refractivity contribution >= 4 is 5.97 Å². The summed E-state index contributed by atoms with van der Waals surface area (Å²) in [6.45, 7) is 5.63.